The van der Waals surface area contributed by atoms with Crippen molar-refractivity contribution in [1.82, 2.24) is 0 Å². The summed E-state index contributed by atoms with van der Waals surface area (Å²) in [7, 11) is 0. The quantitative estimate of drug-likeness (QED) is 0.406. The van der Waals surface area contributed by atoms with Crippen LogP contribution in [0.5, 0.6) is 0 Å². The number of hydrogen-bond donors (Lipinski definition) is 0. The van der Waals surface area contributed by atoms with Crippen LogP contribution >= 0.6 is 0 Å². The van der Waals surface area contributed by atoms with Gasteiger partial charge in [0.15, 0.2) is 6.61 Å². The van der Waals surface area contributed by atoms with Gasteiger partial charge in [0.25, 0.3) is 0 Å². The largest absolute Gasteiger partial charge is 0.457 e. The van der Waals surface area contributed by atoms with E-state index in [1.807, 2.05) is 20.8 Å². The van der Waals surface area contributed by atoms with Crippen LogP contribution < -0.4 is 0 Å². The number of esters is 2. The summed E-state index contributed by atoms with van der Waals surface area (Å²) >= 11 is 0. The molecule has 0 heterocycles. The lowest BCUT2D eigenvalue weighted by molar-refractivity contribution is -0.176. The van der Waals surface area contributed by atoms with Crippen molar-refractivity contribution >= 4 is 11.9 Å². The Hall–Kier alpha value is -1.06. The van der Waals surface area contributed by atoms with Gasteiger partial charge in [0, 0.05) is 0 Å². The van der Waals surface area contributed by atoms with E-state index in [1.54, 1.807) is 0 Å². The van der Waals surface area contributed by atoms with E-state index in [0.717, 1.165) is 38.5 Å². The zero-order chi connectivity index (χ0) is 18.1. The van der Waals surface area contributed by atoms with Crippen molar-refractivity contribution in [2.75, 3.05) is 6.61 Å². The van der Waals surface area contributed by atoms with Gasteiger partial charge in [-0.25, -0.2) is 4.79 Å². The minimum atomic E-state index is -0.553. The zero-order valence-electron chi connectivity index (χ0n) is 16.1. The third kappa shape index (κ3) is 6.82. The highest BCUT2D eigenvalue weighted by Gasteiger charge is 2.36. The monoisotopic (exact) mass is 340 g/mol. The number of unbranched alkanes of at least 4 members (excludes halogenated alkanes) is 3. The molecule has 1 rings (SSSR count). The van der Waals surface area contributed by atoms with Crippen molar-refractivity contribution in [1.29, 1.82) is 0 Å². The first-order valence-electron chi connectivity index (χ1n) is 9.74. The van der Waals surface area contributed by atoms with Crippen molar-refractivity contribution in [2.24, 2.45) is 5.41 Å². The van der Waals surface area contributed by atoms with Gasteiger partial charge in [0.2, 0.25) is 0 Å². The first kappa shape index (κ1) is 21.0. The molecule has 1 aliphatic carbocycles. The molecule has 4 heteroatoms. The van der Waals surface area contributed by atoms with Crippen molar-refractivity contribution in [3.05, 3.63) is 0 Å². The second kappa shape index (κ2) is 10.0. The minimum absolute atomic E-state index is 0.265. The molecule has 0 aromatic heterocycles. The van der Waals surface area contributed by atoms with Gasteiger partial charge in [-0.1, -0.05) is 39.5 Å². The van der Waals surface area contributed by atoms with Crippen LogP contribution in [0, 0.1) is 5.41 Å². The van der Waals surface area contributed by atoms with Crippen LogP contribution in [0.1, 0.15) is 98.3 Å². The van der Waals surface area contributed by atoms with Crippen molar-refractivity contribution in [3.63, 3.8) is 0 Å². The normalized spacial score (nSPS) is 17.3. The Morgan fingerprint density at radius 3 is 2.25 bits per heavy atom. The van der Waals surface area contributed by atoms with E-state index < -0.39 is 11.4 Å². The molecule has 140 valence electrons. The fraction of sp³-hybridized carbons (Fsp3) is 0.900. The lowest BCUT2D eigenvalue weighted by Crippen LogP contribution is -2.39. The summed E-state index contributed by atoms with van der Waals surface area (Å²) in [6.07, 6.45) is 11.7. The smallest absolute Gasteiger partial charge is 0.344 e. The lowest BCUT2D eigenvalue weighted by Gasteiger charge is -2.37. The summed E-state index contributed by atoms with van der Waals surface area (Å²) in [4.78, 5) is 24.2. The molecule has 0 aromatic carbocycles. The molecule has 1 fully saturated rings. The standard InChI is InChI=1S/C20H36O4/c1-5-7-8-10-13-20(14-11-9-12-15-20)24-17(21)16-23-18(22)19(3,4)6-2/h5-16H2,1-4H3. The van der Waals surface area contributed by atoms with E-state index in [0.29, 0.717) is 6.42 Å². The zero-order valence-corrected chi connectivity index (χ0v) is 16.1. The van der Waals surface area contributed by atoms with Crippen LogP contribution in [0.15, 0.2) is 0 Å². The SMILES string of the molecule is CCCCCCC1(OC(=O)COC(=O)C(C)(C)CC)CCCCC1. The predicted octanol–water partition coefficient (Wildman–Crippen LogP) is 5.18. The molecule has 0 radical (unpaired) electrons. The van der Waals surface area contributed by atoms with Crippen LogP contribution in [0.25, 0.3) is 0 Å². The third-order valence-electron chi connectivity index (χ3n) is 5.34. The van der Waals surface area contributed by atoms with Gasteiger partial charge in [-0.3, -0.25) is 4.79 Å². The number of rotatable bonds is 10. The molecule has 0 saturated heterocycles. The van der Waals surface area contributed by atoms with E-state index >= 15 is 0 Å². The average molecular weight is 341 g/mol. The van der Waals surface area contributed by atoms with Crippen molar-refractivity contribution < 1.29 is 19.1 Å². The second-order valence-electron chi connectivity index (χ2n) is 7.84. The molecule has 4 nitrogen and oxygen atoms in total. The van der Waals surface area contributed by atoms with Gasteiger partial charge >= 0.3 is 11.9 Å². The molecule has 1 aliphatic rings. The average Bonchev–Trinajstić information content (AvgIpc) is 2.57. The number of carbonyl (C=O) groups is 2. The van der Waals surface area contributed by atoms with Crippen LogP contribution in [-0.2, 0) is 19.1 Å². The highest BCUT2D eigenvalue weighted by molar-refractivity contribution is 5.79. The first-order chi connectivity index (χ1) is 11.4. The van der Waals surface area contributed by atoms with Gasteiger partial charge in [0.1, 0.15) is 5.60 Å². The maximum absolute atomic E-state index is 12.2. The van der Waals surface area contributed by atoms with Gasteiger partial charge < -0.3 is 9.47 Å². The molecule has 0 atom stereocenters. The molecule has 0 unspecified atom stereocenters. The maximum Gasteiger partial charge on any atom is 0.344 e. The van der Waals surface area contributed by atoms with Gasteiger partial charge in [-0.2, -0.15) is 0 Å². The Balaban J connectivity index is 2.50. The second-order valence-corrected chi connectivity index (χ2v) is 7.84. The fourth-order valence-corrected chi connectivity index (χ4v) is 3.21. The highest BCUT2D eigenvalue weighted by Crippen LogP contribution is 2.36. The van der Waals surface area contributed by atoms with Crippen LogP contribution in [-0.4, -0.2) is 24.1 Å². The molecule has 0 amide bonds. The van der Waals surface area contributed by atoms with E-state index in [9.17, 15) is 9.59 Å². The minimum Gasteiger partial charge on any atom is -0.457 e. The maximum atomic E-state index is 12.2. The Bertz CT molecular complexity index is 394. The van der Waals surface area contributed by atoms with Gasteiger partial charge in [-0.05, 0) is 58.8 Å². The molecule has 0 spiro atoms. The van der Waals surface area contributed by atoms with Crippen LogP contribution in [0.3, 0.4) is 0 Å². The summed E-state index contributed by atoms with van der Waals surface area (Å²) in [5, 5.41) is 0. The van der Waals surface area contributed by atoms with E-state index in [4.69, 9.17) is 9.47 Å². The summed E-state index contributed by atoms with van der Waals surface area (Å²) in [6, 6.07) is 0. The summed E-state index contributed by atoms with van der Waals surface area (Å²) in [5.41, 5.74) is -0.876. The summed E-state index contributed by atoms with van der Waals surface area (Å²) < 4.78 is 11.0. The molecule has 0 aromatic rings. The Morgan fingerprint density at radius 2 is 1.67 bits per heavy atom. The van der Waals surface area contributed by atoms with E-state index in [1.165, 1.54) is 25.7 Å². The van der Waals surface area contributed by atoms with Crippen LogP contribution in [0.4, 0.5) is 0 Å². The topological polar surface area (TPSA) is 52.6 Å². The van der Waals surface area contributed by atoms with E-state index in [2.05, 4.69) is 6.92 Å². The van der Waals surface area contributed by atoms with Crippen molar-refractivity contribution in [3.8, 4) is 0 Å². The fourth-order valence-electron chi connectivity index (χ4n) is 3.21. The number of carbonyl (C=O) groups excluding carboxylic acids is 2. The predicted molar refractivity (Wildman–Crippen MR) is 95.7 cm³/mol. The lowest BCUT2D eigenvalue weighted by atomic mass is 9.81. The van der Waals surface area contributed by atoms with Gasteiger partial charge in [-0.15, -0.1) is 0 Å². The highest BCUT2D eigenvalue weighted by atomic mass is 16.6. The van der Waals surface area contributed by atoms with Gasteiger partial charge in [0.05, 0.1) is 5.41 Å². The Labute approximate surface area is 147 Å². The van der Waals surface area contributed by atoms with Crippen LogP contribution in [0.2, 0.25) is 0 Å². The number of hydrogen-bond acceptors (Lipinski definition) is 4. The van der Waals surface area contributed by atoms with E-state index in [-0.39, 0.29) is 18.2 Å². The summed E-state index contributed by atoms with van der Waals surface area (Å²) in [5.74, 6) is -0.727. The molecular weight excluding hydrogens is 304 g/mol. The Morgan fingerprint density at radius 1 is 1.00 bits per heavy atom. The molecule has 0 bridgehead atoms. The molecule has 0 aliphatic heterocycles. The molecule has 1 saturated carbocycles. The molecule has 24 heavy (non-hydrogen) atoms. The third-order valence-corrected chi connectivity index (χ3v) is 5.34. The molecule has 0 N–H and O–H groups in total. The number of ether oxygens (including phenoxy) is 2. The Kier molecular flexibility index (Phi) is 8.79. The first-order valence-corrected chi connectivity index (χ1v) is 9.74. The molecular formula is C20H36O4. The summed E-state index contributed by atoms with van der Waals surface area (Å²) in [6.45, 7) is 7.53. The van der Waals surface area contributed by atoms with Crippen molar-refractivity contribution in [2.45, 2.75) is 104 Å².